The van der Waals surface area contributed by atoms with Crippen LogP contribution in [0.5, 0.6) is 11.5 Å². The van der Waals surface area contributed by atoms with Crippen molar-refractivity contribution in [2.75, 3.05) is 6.61 Å². The van der Waals surface area contributed by atoms with Gasteiger partial charge in [0.05, 0.1) is 6.61 Å². The summed E-state index contributed by atoms with van der Waals surface area (Å²) < 4.78 is 41.4. The molecule has 3 nitrogen and oxygen atoms in total. The fourth-order valence-corrected chi connectivity index (χ4v) is 1.52. The lowest BCUT2D eigenvalue weighted by Crippen LogP contribution is -2.15. The lowest BCUT2D eigenvalue weighted by molar-refractivity contribution is -0.136. The maximum atomic E-state index is 12.1. The molecule has 0 radical (unpaired) electrons. The first-order valence-corrected chi connectivity index (χ1v) is 5.61. The SMILES string of the molecule is CCOc1cc([C@H](N)CCC(F)(F)F)ccc1O. The molecule has 3 N–H and O–H groups in total. The Morgan fingerprint density at radius 1 is 1.39 bits per heavy atom. The van der Waals surface area contributed by atoms with Crippen molar-refractivity contribution < 1.29 is 23.0 Å². The quantitative estimate of drug-likeness (QED) is 0.858. The van der Waals surface area contributed by atoms with Gasteiger partial charge < -0.3 is 15.6 Å². The number of alkyl halides is 3. The Morgan fingerprint density at radius 3 is 2.61 bits per heavy atom. The molecule has 0 heterocycles. The number of nitrogens with two attached hydrogens (primary N) is 1. The van der Waals surface area contributed by atoms with Crippen molar-refractivity contribution in [3.63, 3.8) is 0 Å². The van der Waals surface area contributed by atoms with Crippen LogP contribution in [0, 0.1) is 0 Å². The van der Waals surface area contributed by atoms with Crippen molar-refractivity contribution in [1.29, 1.82) is 0 Å². The number of hydrogen-bond donors (Lipinski definition) is 2. The van der Waals surface area contributed by atoms with Gasteiger partial charge in [0, 0.05) is 12.5 Å². The van der Waals surface area contributed by atoms with E-state index in [1.165, 1.54) is 18.2 Å². The first kappa shape index (κ1) is 14.6. The average molecular weight is 263 g/mol. The van der Waals surface area contributed by atoms with E-state index in [9.17, 15) is 18.3 Å². The van der Waals surface area contributed by atoms with Crippen LogP contribution >= 0.6 is 0 Å². The van der Waals surface area contributed by atoms with Gasteiger partial charge in [-0.05, 0) is 31.0 Å². The molecule has 0 saturated carbocycles. The van der Waals surface area contributed by atoms with Gasteiger partial charge in [-0.25, -0.2) is 0 Å². The fraction of sp³-hybridized carbons (Fsp3) is 0.500. The van der Waals surface area contributed by atoms with Crippen LogP contribution in [0.3, 0.4) is 0 Å². The van der Waals surface area contributed by atoms with Crippen LogP contribution in [0.25, 0.3) is 0 Å². The molecule has 0 aliphatic heterocycles. The third kappa shape index (κ3) is 4.44. The molecule has 1 atom stereocenters. The van der Waals surface area contributed by atoms with Crippen molar-refractivity contribution in [2.45, 2.75) is 32.0 Å². The molecule has 1 aromatic rings. The standard InChI is InChI=1S/C12H16F3NO2/c1-2-18-11-7-8(3-4-10(11)17)9(16)5-6-12(13,14)15/h3-4,7,9,17H,2,5-6,16H2,1H3/t9-/m1/s1. The summed E-state index contributed by atoms with van der Waals surface area (Å²) in [5.74, 6) is 0.182. The second-order valence-corrected chi connectivity index (χ2v) is 3.92. The number of ether oxygens (including phenoxy) is 1. The highest BCUT2D eigenvalue weighted by Crippen LogP contribution is 2.31. The Labute approximate surface area is 103 Å². The largest absolute Gasteiger partial charge is 0.504 e. The maximum Gasteiger partial charge on any atom is 0.389 e. The van der Waals surface area contributed by atoms with Gasteiger partial charge in [0.15, 0.2) is 11.5 Å². The minimum absolute atomic E-state index is 0.0522. The van der Waals surface area contributed by atoms with Gasteiger partial charge in [0.1, 0.15) is 0 Å². The topological polar surface area (TPSA) is 55.5 Å². The van der Waals surface area contributed by atoms with Crippen molar-refractivity contribution in [3.8, 4) is 11.5 Å². The number of rotatable bonds is 5. The summed E-state index contributed by atoms with van der Waals surface area (Å²) in [4.78, 5) is 0. The number of benzene rings is 1. The van der Waals surface area contributed by atoms with Gasteiger partial charge in [-0.15, -0.1) is 0 Å². The van der Waals surface area contributed by atoms with E-state index in [0.717, 1.165) is 0 Å². The molecule has 0 saturated heterocycles. The van der Waals surface area contributed by atoms with Gasteiger partial charge in [-0.1, -0.05) is 6.07 Å². The molecular weight excluding hydrogens is 247 g/mol. The first-order valence-electron chi connectivity index (χ1n) is 5.61. The number of hydrogen-bond acceptors (Lipinski definition) is 3. The van der Waals surface area contributed by atoms with Crippen LogP contribution in [0.1, 0.15) is 31.4 Å². The van der Waals surface area contributed by atoms with E-state index < -0.39 is 18.6 Å². The Hall–Kier alpha value is -1.43. The third-order valence-electron chi connectivity index (χ3n) is 2.45. The lowest BCUT2D eigenvalue weighted by Gasteiger charge is -2.15. The van der Waals surface area contributed by atoms with Gasteiger partial charge in [-0.3, -0.25) is 0 Å². The van der Waals surface area contributed by atoms with E-state index in [1.54, 1.807) is 6.92 Å². The van der Waals surface area contributed by atoms with Crippen molar-refractivity contribution in [1.82, 2.24) is 0 Å². The Balaban J connectivity index is 2.73. The summed E-state index contributed by atoms with van der Waals surface area (Å²) in [6.07, 6.45) is -5.34. The highest BCUT2D eigenvalue weighted by atomic mass is 19.4. The van der Waals surface area contributed by atoms with E-state index in [0.29, 0.717) is 12.2 Å². The Kier molecular flexibility index (Phi) is 4.84. The molecule has 0 spiro atoms. The monoisotopic (exact) mass is 263 g/mol. The zero-order chi connectivity index (χ0) is 13.8. The smallest absolute Gasteiger partial charge is 0.389 e. The maximum absolute atomic E-state index is 12.1. The summed E-state index contributed by atoms with van der Waals surface area (Å²) in [7, 11) is 0. The van der Waals surface area contributed by atoms with Gasteiger partial charge in [0.2, 0.25) is 0 Å². The Morgan fingerprint density at radius 2 is 2.06 bits per heavy atom. The molecule has 0 aliphatic carbocycles. The fourth-order valence-electron chi connectivity index (χ4n) is 1.52. The molecule has 6 heteroatoms. The number of aromatic hydroxyl groups is 1. The van der Waals surface area contributed by atoms with E-state index in [2.05, 4.69) is 0 Å². The predicted molar refractivity (Wildman–Crippen MR) is 61.5 cm³/mol. The minimum Gasteiger partial charge on any atom is -0.504 e. The van der Waals surface area contributed by atoms with Crippen LogP contribution in [-0.2, 0) is 0 Å². The van der Waals surface area contributed by atoms with Crippen LogP contribution in [-0.4, -0.2) is 17.9 Å². The molecule has 0 fully saturated rings. The second-order valence-electron chi connectivity index (χ2n) is 3.92. The number of halogens is 3. The molecule has 0 unspecified atom stereocenters. The highest BCUT2D eigenvalue weighted by molar-refractivity contribution is 5.42. The summed E-state index contributed by atoms with van der Waals surface area (Å²) >= 11 is 0. The summed E-state index contributed by atoms with van der Waals surface area (Å²) in [6.45, 7) is 2.10. The van der Waals surface area contributed by atoms with Crippen molar-refractivity contribution >= 4 is 0 Å². The summed E-state index contributed by atoms with van der Waals surface area (Å²) in [5.41, 5.74) is 6.19. The molecule has 1 rings (SSSR count). The van der Waals surface area contributed by atoms with E-state index >= 15 is 0 Å². The molecule has 0 bridgehead atoms. The molecular formula is C12H16F3NO2. The van der Waals surface area contributed by atoms with Crippen LogP contribution < -0.4 is 10.5 Å². The first-order chi connectivity index (χ1) is 8.33. The van der Waals surface area contributed by atoms with Crippen LogP contribution in [0.2, 0.25) is 0 Å². The minimum atomic E-state index is -4.21. The average Bonchev–Trinajstić information content (AvgIpc) is 2.28. The molecule has 0 aromatic heterocycles. The molecule has 0 amide bonds. The number of phenolic OH excluding ortho intramolecular Hbond substituents is 1. The van der Waals surface area contributed by atoms with Crippen molar-refractivity contribution in [3.05, 3.63) is 23.8 Å². The molecule has 18 heavy (non-hydrogen) atoms. The Bertz CT molecular complexity index is 393. The van der Waals surface area contributed by atoms with E-state index in [4.69, 9.17) is 10.5 Å². The zero-order valence-electron chi connectivity index (χ0n) is 10.00. The van der Waals surface area contributed by atoms with Gasteiger partial charge in [0.25, 0.3) is 0 Å². The molecule has 1 aromatic carbocycles. The van der Waals surface area contributed by atoms with E-state index in [1.807, 2.05) is 0 Å². The van der Waals surface area contributed by atoms with Gasteiger partial charge in [-0.2, -0.15) is 13.2 Å². The predicted octanol–water partition coefficient (Wildman–Crippen LogP) is 3.13. The second kappa shape index (κ2) is 5.95. The molecule has 0 aliphatic rings. The van der Waals surface area contributed by atoms with E-state index in [-0.39, 0.29) is 17.9 Å². The lowest BCUT2D eigenvalue weighted by atomic mass is 10.0. The highest BCUT2D eigenvalue weighted by Gasteiger charge is 2.27. The van der Waals surface area contributed by atoms with Crippen molar-refractivity contribution in [2.24, 2.45) is 5.73 Å². The van der Waals surface area contributed by atoms with Crippen LogP contribution in [0.4, 0.5) is 13.2 Å². The zero-order valence-corrected chi connectivity index (χ0v) is 10.00. The molecule has 102 valence electrons. The van der Waals surface area contributed by atoms with Gasteiger partial charge >= 0.3 is 6.18 Å². The third-order valence-corrected chi connectivity index (χ3v) is 2.45. The summed E-state index contributed by atoms with van der Waals surface area (Å²) in [6, 6.07) is 3.61. The normalized spacial score (nSPS) is 13.4. The summed E-state index contributed by atoms with van der Waals surface area (Å²) in [5, 5.41) is 9.46. The van der Waals surface area contributed by atoms with Crippen LogP contribution in [0.15, 0.2) is 18.2 Å². The number of phenols is 1.